The van der Waals surface area contributed by atoms with Gasteiger partial charge in [0.15, 0.2) is 5.78 Å². The second-order valence-corrected chi connectivity index (χ2v) is 21.3. The van der Waals surface area contributed by atoms with Crippen LogP contribution in [-0.2, 0) is 4.79 Å². The Kier molecular flexibility index (Phi) is 9.27. The first-order chi connectivity index (χ1) is 24.4. The Morgan fingerprint density at radius 3 is 1.76 bits per heavy atom. The van der Waals surface area contributed by atoms with Gasteiger partial charge in [0.05, 0.1) is 4.08 Å². The molecule has 0 amide bonds. The Hall–Kier alpha value is -1.63. The summed E-state index contributed by atoms with van der Waals surface area (Å²) in [4.78, 5) is 11.8. The average molecular weight is 725 g/mol. The number of hydrogen-bond acceptors (Lipinski definition) is 5. The van der Waals surface area contributed by atoms with Crippen LogP contribution in [0.2, 0.25) is 0 Å². The molecule has 274 valence electrons. The smallest absolute Gasteiger partial charge is 0.155 e. The number of carbonyl (C=O) groups is 1. The first-order valence-electron chi connectivity index (χ1n) is 20.4. The molecule has 0 aromatic heterocycles. The quantitative estimate of drug-likeness (QED) is 0.220. The number of aliphatic hydroxyl groups is 2. The molecule has 3 nitrogen and oxygen atoms in total. The van der Waals surface area contributed by atoms with E-state index in [1.807, 2.05) is 6.08 Å². The fourth-order valence-electron chi connectivity index (χ4n) is 14.6. The highest BCUT2D eigenvalue weighted by molar-refractivity contribution is 8.21. The van der Waals surface area contributed by atoms with Crippen molar-refractivity contribution in [1.82, 2.24) is 0 Å². The number of hydrogen-bond donors (Lipinski definition) is 2. The average Bonchev–Trinajstić information content (AvgIpc) is 3.81. The zero-order valence-corrected chi connectivity index (χ0v) is 32.8. The summed E-state index contributed by atoms with van der Waals surface area (Å²) >= 11 is 4.36. The number of ketones is 1. The van der Waals surface area contributed by atoms with Crippen molar-refractivity contribution in [1.29, 1.82) is 0 Å². The van der Waals surface area contributed by atoms with E-state index in [0.717, 1.165) is 70.6 Å². The molecule has 1 heterocycles. The second kappa shape index (κ2) is 13.0. The van der Waals surface area contributed by atoms with E-state index in [-0.39, 0.29) is 10.8 Å². The van der Waals surface area contributed by atoms with Gasteiger partial charge in [-0.1, -0.05) is 67.2 Å². The molecule has 7 fully saturated rings. The highest BCUT2D eigenvalue weighted by Crippen LogP contribution is 2.69. The molecule has 1 spiro atoms. The van der Waals surface area contributed by atoms with Crippen molar-refractivity contribution in [2.45, 2.75) is 132 Å². The SMILES string of the molecule is C#C[C@]1(O)CCC2C3CCC4=CC(=O)CCC4C3C(=C)C[C@@]21CC.C#C[C@]1(O)CCC2C3CCC4=CC5(CCC4C3C(=C)C[C@@]21CC)SCCS5. The summed E-state index contributed by atoms with van der Waals surface area (Å²) in [5, 5.41) is 22.5. The molecule has 9 aliphatic rings. The van der Waals surface area contributed by atoms with Gasteiger partial charge in [-0.15, -0.1) is 36.4 Å². The Balaban J connectivity index is 0.000000148. The van der Waals surface area contributed by atoms with Gasteiger partial charge in [0.2, 0.25) is 0 Å². The van der Waals surface area contributed by atoms with Gasteiger partial charge in [-0.2, -0.15) is 0 Å². The molecule has 1 saturated heterocycles. The number of terminal acetylenes is 2. The number of carbonyl (C=O) groups excluding carboxylic acids is 1. The van der Waals surface area contributed by atoms with Gasteiger partial charge in [-0.25, -0.2) is 0 Å². The van der Waals surface area contributed by atoms with Crippen molar-refractivity contribution in [3.05, 3.63) is 47.6 Å². The summed E-state index contributed by atoms with van der Waals surface area (Å²) in [6.45, 7) is 13.5. The van der Waals surface area contributed by atoms with Gasteiger partial charge < -0.3 is 10.2 Å². The number of rotatable bonds is 2. The molecule has 0 radical (unpaired) electrons. The van der Waals surface area contributed by atoms with Crippen molar-refractivity contribution in [2.75, 3.05) is 11.5 Å². The van der Waals surface area contributed by atoms with E-state index in [0.29, 0.717) is 63.6 Å². The zero-order valence-electron chi connectivity index (χ0n) is 31.2. The molecule has 1 aliphatic heterocycles. The van der Waals surface area contributed by atoms with Crippen LogP contribution in [0.4, 0.5) is 0 Å². The minimum Gasteiger partial charge on any atom is -0.377 e. The molecular formula is C46H60O3S2. The third-order valence-corrected chi connectivity index (χ3v) is 20.2. The van der Waals surface area contributed by atoms with Crippen LogP contribution in [0, 0.1) is 82.9 Å². The van der Waals surface area contributed by atoms with E-state index in [1.165, 1.54) is 53.9 Å². The van der Waals surface area contributed by atoms with Crippen LogP contribution in [0.15, 0.2) is 47.6 Å². The van der Waals surface area contributed by atoms with E-state index in [9.17, 15) is 15.0 Å². The van der Waals surface area contributed by atoms with Crippen molar-refractivity contribution in [2.24, 2.45) is 58.2 Å². The monoisotopic (exact) mass is 724 g/mol. The standard InChI is InChI=1S/C24H32OS2.C22H28O2/c1-4-22-14-16(3)21-18-8-11-24(26-12-13-27-24)15-17(18)6-7-19(21)20(22)9-10-23(22,25)5-2;1-4-21-13-14(3)20-17-9-7-16(23)12-15(17)6-8-18(20)19(21)10-11-22(21,24)5-2/h2,15,18-21,25H,3-4,6-14H2,1H3;2,12,17-20,24H,3-4,6-11,13H2,1H3/t18?,19?,20?,21?,22-,23-;17?,18?,19?,20?,21-,22-/m00/s1. The van der Waals surface area contributed by atoms with Crippen molar-refractivity contribution in [3.63, 3.8) is 0 Å². The lowest BCUT2D eigenvalue weighted by Gasteiger charge is -2.57. The summed E-state index contributed by atoms with van der Waals surface area (Å²) in [5.41, 5.74) is 3.55. The molecule has 0 aromatic carbocycles. The third-order valence-electron chi connectivity index (χ3n) is 16.8. The molecule has 0 aromatic rings. The molecule has 2 N–H and O–H groups in total. The van der Waals surface area contributed by atoms with E-state index in [4.69, 9.17) is 12.8 Å². The zero-order chi connectivity index (χ0) is 36.0. The third kappa shape index (κ3) is 5.20. The van der Waals surface area contributed by atoms with Crippen LogP contribution in [0.25, 0.3) is 0 Å². The largest absolute Gasteiger partial charge is 0.377 e. The predicted octanol–water partition coefficient (Wildman–Crippen LogP) is 9.70. The molecule has 0 bridgehead atoms. The topological polar surface area (TPSA) is 57.5 Å². The van der Waals surface area contributed by atoms with E-state index < -0.39 is 11.2 Å². The maximum Gasteiger partial charge on any atom is 0.155 e. The lowest BCUT2D eigenvalue weighted by molar-refractivity contribution is -0.116. The fourth-order valence-corrected chi connectivity index (χ4v) is 17.8. The van der Waals surface area contributed by atoms with Crippen molar-refractivity contribution >= 4 is 29.3 Å². The molecular weight excluding hydrogens is 665 g/mol. The van der Waals surface area contributed by atoms with E-state index >= 15 is 0 Å². The van der Waals surface area contributed by atoms with Crippen LogP contribution in [-0.4, -0.2) is 42.8 Å². The molecule has 9 rings (SSSR count). The highest BCUT2D eigenvalue weighted by atomic mass is 32.2. The first-order valence-corrected chi connectivity index (χ1v) is 22.4. The van der Waals surface area contributed by atoms with Gasteiger partial charge in [-0.3, -0.25) is 4.79 Å². The van der Waals surface area contributed by atoms with Crippen molar-refractivity contribution < 1.29 is 15.0 Å². The van der Waals surface area contributed by atoms with Gasteiger partial charge >= 0.3 is 0 Å². The number of allylic oxidation sites excluding steroid dienone is 4. The van der Waals surface area contributed by atoms with Crippen LogP contribution >= 0.6 is 23.5 Å². The Bertz CT molecular complexity index is 1640. The Morgan fingerprint density at radius 2 is 1.25 bits per heavy atom. The maximum atomic E-state index is 11.8. The fraction of sp³-hybridized carbons (Fsp3) is 0.717. The molecule has 5 heteroatoms. The Morgan fingerprint density at radius 1 is 0.745 bits per heavy atom. The summed E-state index contributed by atoms with van der Waals surface area (Å²) < 4.78 is 0.388. The van der Waals surface area contributed by atoms with E-state index in [1.54, 1.807) is 5.57 Å². The number of fused-ring (bicyclic) bond motifs is 10. The van der Waals surface area contributed by atoms with Gasteiger partial charge in [0.25, 0.3) is 0 Å². The Labute approximate surface area is 316 Å². The van der Waals surface area contributed by atoms with Crippen LogP contribution in [0.1, 0.15) is 117 Å². The van der Waals surface area contributed by atoms with Crippen molar-refractivity contribution in [3.8, 4) is 24.7 Å². The summed E-state index contributed by atoms with van der Waals surface area (Å²) in [7, 11) is 0. The molecule has 6 saturated carbocycles. The van der Waals surface area contributed by atoms with Gasteiger partial charge in [0, 0.05) is 28.8 Å². The molecule has 8 unspecified atom stereocenters. The predicted molar refractivity (Wildman–Crippen MR) is 213 cm³/mol. The molecule has 51 heavy (non-hydrogen) atoms. The lowest BCUT2D eigenvalue weighted by atomic mass is 9.48. The summed E-state index contributed by atoms with van der Waals surface area (Å²) in [6, 6.07) is 0. The molecule has 8 aliphatic carbocycles. The summed E-state index contributed by atoms with van der Waals surface area (Å²) in [6.07, 6.45) is 32.6. The van der Waals surface area contributed by atoms with Crippen LogP contribution in [0.3, 0.4) is 0 Å². The highest BCUT2D eigenvalue weighted by Gasteiger charge is 2.66. The summed E-state index contributed by atoms with van der Waals surface area (Å²) in [5.74, 6) is 13.2. The number of thioether (sulfide) groups is 2. The van der Waals surface area contributed by atoms with Gasteiger partial charge in [-0.05, 0) is 150 Å². The first kappa shape index (κ1) is 36.4. The minimum atomic E-state index is -0.973. The normalized spacial score (nSPS) is 47.5. The minimum absolute atomic E-state index is 0.131. The lowest BCUT2D eigenvalue weighted by Crippen LogP contribution is -2.54. The van der Waals surface area contributed by atoms with Crippen LogP contribution < -0.4 is 0 Å². The van der Waals surface area contributed by atoms with Gasteiger partial charge in [0.1, 0.15) is 11.2 Å². The maximum absolute atomic E-state index is 11.8. The van der Waals surface area contributed by atoms with Crippen LogP contribution in [0.5, 0.6) is 0 Å². The molecule has 12 atom stereocenters. The van der Waals surface area contributed by atoms with E-state index in [2.05, 4.69) is 68.4 Å². The second-order valence-electron chi connectivity index (χ2n) is 18.1.